The first kappa shape index (κ1) is 17.4. The number of carbonyl (C=O) groups excluding carboxylic acids is 2. The molecular formula is C18H22N4O2S. The summed E-state index contributed by atoms with van der Waals surface area (Å²) >= 11 is 1.38. The Morgan fingerprint density at radius 3 is 2.60 bits per heavy atom. The molecule has 1 fully saturated rings. The maximum atomic E-state index is 12.7. The van der Waals surface area contributed by atoms with Gasteiger partial charge in [-0.1, -0.05) is 30.3 Å². The normalized spacial score (nSPS) is 15.0. The van der Waals surface area contributed by atoms with Crippen LogP contribution in [-0.4, -0.2) is 41.0 Å². The van der Waals surface area contributed by atoms with Crippen molar-refractivity contribution in [3.8, 4) is 0 Å². The zero-order valence-electron chi connectivity index (χ0n) is 14.2. The van der Waals surface area contributed by atoms with E-state index in [2.05, 4.69) is 15.6 Å². The number of likely N-dealkylation sites (tertiary alicyclic amines) is 1. The van der Waals surface area contributed by atoms with E-state index in [9.17, 15) is 9.59 Å². The van der Waals surface area contributed by atoms with Gasteiger partial charge in [0.15, 0.2) is 5.13 Å². The lowest BCUT2D eigenvalue weighted by atomic mass is 10.1. The number of thiazole rings is 1. The molecule has 1 aromatic heterocycles. The predicted octanol–water partition coefficient (Wildman–Crippen LogP) is 2.81. The zero-order valence-corrected chi connectivity index (χ0v) is 15.0. The molecule has 1 saturated heterocycles. The molecule has 0 aliphatic carbocycles. The van der Waals surface area contributed by atoms with Crippen molar-refractivity contribution < 1.29 is 9.59 Å². The number of nitrogens with zero attached hydrogens (tertiary/aromatic N) is 2. The number of anilines is 1. The second kappa shape index (κ2) is 8.11. The third kappa shape index (κ3) is 4.79. The number of hydrogen-bond donors (Lipinski definition) is 2. The van der Waals surface area contributed by atoms with E-state index in [1.165, 1.54) is 11.3 Å². The van der Waals surface area contributed by atoms with E-state index in [0.29, 0.717) is 11.6 Å². The highest BCUT2D eigenvalue weighted by atomic mass is 32.1. The van der Waals surface area contributed by atoms with Gasteiger partial charge in [-0.2, -0.15) is 0 Å². The predicted molar refractivity (Wildman–Crippen MR) is 98.8 cm³/mol. The minimum absolute atomic E-state index is 0.177. The molecule has 25 heavy (non-hydrogen) atoms. The van der Waals surface area contributed by atoms with Gasteiger partial charge in [-0.25, -0.2) is 9.78 Å². The second-order valence-corrected chi connectivity index (χ2v) is 7.03. The molecule has 3 rings (SSSR count). The average molecular weight is 358 g/mol. The Hall–Kier alpha value is -2.41. The van der Waals surface area contributed by atoms with Gasteiger partial charge in [0.1, 0.15) is 6.04 Å². The van der Waals surface area contributed by atoms with Gasteiger partial charge in [-0.3, -0.25) is 4.79 Å². The number of urea groups is 1. The molecule has 1 aliphatic heterocycles. The Bertz CT molecular complexity index is 726. The third-order valence-corrected chi connectivity index (χ3v) is 5.01. The Balaban J connectivity index is 1.70. The average Bonchev–Trinajstić information content (AvgIpc) is 3.27. The van der Waals surface area contributed by atoms with Crippen LogP contribution in [0.15, 0.2) is 35.7 Å². The molecule has 2 N–H and O–H groups in total. The number of hydrogen-bond acceptors (Lipinski definition) is 4. The fourth-order valence-electron chi connectivity index (χ4n) is 2.82. The fourth-order valence-corrected chi connectivity index (χ4v) is 3.51. The maximum absolute atomic E-state index is 12.7. The van der Waals surface area contributed by atoms with Gasteiger partial charge in [0.25, 0.3) is 0 Å². The Morgan fingerprint density at radius 2 is 1.96 bits per heavy atom. The SMILES string of the molecule is Cc1csc(NC(=O)[C@H](Cc2ccccc2)NC(=O)N2CCCC2)n1. The van der Waals surface area contributed by atoms with Gasteiger partial charge in [-0.15, -0.1) is 11.3 Å². The van der Waals surface area contributed by atoms with Crippen molar-refractivity contribution in [2.75, 3.05) is 18.4 Å². The van der Waals surface area contributed by atoms with E-state index < -0.39 is 6.04 Å². The van der Waals surface area contributed by atoms with Crippen LogP contribution >= 0.6 is 11.3 Å². The lowest BCUT2D eigenvalue weighted by Gasteiger charge is -2.22. The van der Waals surface area contributed by atoms with Crippen LogP contribution in [0, 0.1) is 6.92 Å². The quantitative estimate of drug-likeness (QED) is 0.863. The zero-order chi connectivity index (χ0) is 17.6. The van der Waals surface area contributed by atoms with E-state index >= 15 is 0 Å². The highest BCUT2D eigenvalue weighted by molar-refractivity contribution is 7.13. The van der Waals surface area contributed by atoms with Crippen LogP contribution in [0.1, 0.15) is 24.1 Å². The van der Waals surface area contributed by atoms with E-state index in [-0.39, 0.29) is 11.9 Å². The number of aryl methyl sites for hydroxylation is 1. The Labute approximate surface area is 151 Å². The number of amides is 3. The van der Waals surface area contributed by atoms with Crippen molar-refractivity contribution >= 4 is 28.4 Å². The summed E-state index contributed by atoms with van der Waals surface area (Å²) < 4.78 is 0. The van der Waals surface area contributed by atoms with Crippen LogP contribution in [-0.2, 0) is 11.2 Å². The van der Waals surface area contributed by atoms with Crippen molar-refractivity contribution in [2.45, 2.75) is 32.2 Å². The minimum Gasteiger partial charge on any atom is -0.326 e. The number of carbonyl (C=O) groups is 2. The van der Waals surface area contributed by atoms with Gasteiger partial charge in [0.2, 0.25) is 5.91 Å². The van der Waals surface area contributed by atoms with Crippen molar-refractivity contribution in [1.29, 1.82) is 0 Å². The fraction of sp³-hybridized carbons (Fsp3) is 0.389. The van der Waals surface area contributed by atoms with Crippen molar-refractivity contribution in [1.82, 2.24) is 15.2 Å². The number of aromatic nitrogens is 1. The van der Waals surface area contributed by atoms with Crippen LogP contribution < -0.4 is 10.6 Å². The first-order valence-electron chi connectivity index (χ1n) is 8.44. The summed E-state index contributed by atoms with van der Waals surface area (Å²) in [6, 6.07) is 8.88. The van der Waals surface area contributed by atoms with Gasteiger partial charge in [0.05, 0.1) is 5.69 Å². The molecule has 132 valence electrons. The second-order valence-electron chi connectivity index (χ2n) is 6.17. The van der Waals surface area contributed by atoms with Gasteiger partial charge < -0.3 is 15.5 Å². The summed E-state index contributed by atoms with van der Waals surface area (Å²) in [6.45, 7) is 3.37. The molecule has 2 aromatic rings. The molecule has 7 heteroatoms. The maximum Gasteiger partial charge on any atom is 0.318 e. The number of nitrogens with one attached hydrogen (secondary N) is 2. The first-order valence-corrected chi connectivity index (χ1v) is 9.32. The topological polar surface area (TPSA) is 74.3 Å². The largest absolute Gasteiger partial charge is 0.326 e. The molecule has 1 aliphatic rings. The molecule has 0 saturated carbocycles. The third-order valence-electron chi connectivity index (χ3n) is 4.14. The Kier molecular flexibility index (Phi) is 5.65. The van der Waals surface area contributed by atoms with Crippen LogP contribution in [0.25, 0.3) is 0 Å². The summed E-state index contributed by atoms with van der Waals surface area (Å²) in [4.78, 5) is 31.2. The lowest BCUT2D eigenvalue weighted by molar-refractivity contribution is -0.118. The number of benzene rings is 1. The molecular weight excluding hydrogens is 336 g/mol. The highest BCUT2D eigenvalue weighted by Crippen LogP contribution is 2.16. The van der Waals surface area contributed by atoms with Gasteiger partial charge in [-0.05, 0) is 25.3 Å². The summed E-state index contributed by atoms with van der Waals surface area (Å²) in [5, 5.41) is 8.13. The molecule has 1 aromatic carbocycles. The molecule has 1 atom stereocenters. The molecule has 6 nitrogen and oxygen atoms in total. The van der Waals surface area contributed by atoms with Crippen molar-refractivity contribution in [3.63, 3.8) is 0 Å². The highest BCUT2D eigenvalue weighted by Gasteiger charge is 2.26. The Morgan fingerprint density at radius 1 is 1.24 bits per heavy atom. The molecule has 3 amide bonds. The summed E-state index contributed by atoms with van der Waals surface area (Å²) in [7, 11) is 0. The van der Waals surface area contributed by atoms with Crippen LogP contribution in [0.5, 0.6) is 0 Å². The molecule has 2 heterocycles. The van der Waals surface area contributed by atoms with E-state index in [1.807, 2.05) is 42.6 Å². The first-order chi connectivity index (χ1) is 12.1. The summed E-state index contributed by atoms with van der Waals surface area (Å²) in [5.74, 6) is -0.245. The van der Waals surface area contributed by atoms with Crippen LogP contribution in [0.3, 0.4) is 0 Å². The van der Waals surface area contributed by atoms with Crippen molar-refractivity contribution in [2.24, 2.45) is 0 Å². The monoisotopic (exact) mass is 358 g/mol. The van der Waals surface area contributed by atoms with E-state index in [1.54, 1.807) is 4.90 Å². The molecule has 0 radical (unpaired) electrons. The van der Waals surface area contributed by atoms with Gasteiger partial charge in [0, 0.05) is 24.9 Å². The van der Waals surface area contributed by atoms with E-state index in [0.717, 1.165) is 37.2 Å². The molecule has 0 unspecified atom stereocenters. The number of rotatable bonds is 5. The lowest BCUT2D eigenvalue weighted by Crippen LogP contribution is -2.49. The minimum atomic E-state index is -0.639. The standard InChI is InChI=1S/C18H22N4O2S/c1-13-12-25-17(19-13)21-16(23)15(11-14-7-3-2-4-8-14)20-18(24)22-9-5-6-10-22/h2-4,7-8,12,15H,5-6,9-11H2,1H3,(H,20,24)(H,19,21,23)/t15-/m0/s1. The van der Waals surface area contributed by atoms with Crippen molar-refractivity contribution in [3.05, 3.63) is 47.0 Å². The van der Waals surface area contributed by atoms with Crippen LogP contribution in [0.2, 0.25) is 0 Å². The molecule has 0 spiro atoms. The summed E-state index contributed by atoms with van der Waals surface area (Å²) in [5.41, 5.74) is 1.86. The van der Waals surface area contributed by atoms with Crippen LogP contribution in [0.4, 0.5) is 9.93 Å². The molecule has 0 bridgehead atoms. The van der Waals surface area contributed by atoms with Gasteiger partial charge >= 0.3 is 6.03 Å². The van der Waals surface area contributed by atoms with E-state index in [4.69, 9.17) is 0 Å². The smallest absolute Gasteiger partial charge is 0.318 e. The summed E-state index contributed by atoms with van der Waals surface area (Å²) in [6.07, 6.45) is 2.47.